The van der Waals surface area contributed by atoms with Gasteiger partial charge < -0.3 is 14.4 Å². The van der Waals surface area contributed by atoms with Crippen LogP contribution in [0.25, 0.3) is 0 Å². The summed E-state index contributed by atoms with van der Waals surface area (Å²) < 4.78 is 10.2. The van der Waals surface area contributed by atoms with Gasteiger partial charge in [-0.15, -0.1) is 0 Å². The van der Waals surface area contributed by atoms with Gasteiger partial charge in [0.05, 0.1) is 28.0 Å². The Balaban J connectivity index is 1.93. The topological polar surface area (TPSA) is 116 Å². The number of nitrogens with zero attached hydrogens (tertiary/aromatic N) is 2. The van der Waals surface area contributed by atoms with Gasteiger partial charge >= 0.3 is 11.9 Å². The highest BCUT2D eigenvalue weighted by Crippen LogP contribution is 2.24. The van der Waals surface area contributed by atoms with Crippen LogP contribution in [0.15, 0.2) is 18.2 Å². The maximum Gasteiger partial charge on any atom is 0.340 e. The van der Waals surface area contributed by atoms with Gasteiger partial charge in [-0.2, -0.15) is 0 Å². The maximum absolute atomic E-state index is 12.5. The summed E-state index contributed by atoms with van der Waals surface area (Å²) in [7, 11) is 0. The molecular weight excluding hydrogens is 392 g/mol. The fourth-order valence-corrected chi connectivity index (χ4v) is 3.16. The lowest BCUT2D eigenvalue weighted by molar-refractivity contribution is -0.384. The summed E-state index contributed by atoms with van der Waals surface area (Å²) in [6.45, 7) is 4.22. The van der Waals surface area contributed by atoms with E-state index in [9.17, 15) is 24.5 Å². The zero-order valence-corrected chi connectivity index (χ0v) is 16.3. The summed E-state index contributed by atoms with van der Waals surface area (Å²) in [6, 6.07) is 3.37. The third-order valence-electron chi connectivity index (χ3n) is 4.44. The van der Waals surface area contributed by atoms with Gasteiger partial charge in [-0.1, -0.05) is 11.6 Å². The Morgan fingerprint density at radius 2 is 1.96 bits per heavy atom. The smallest absolute Gasteiger partial charge is 0.340 e. The molecule has 0 aliphatic carbocycles. The number of hydrogen-bond donors (Lipinski definition) is 0. The number of amides is 1. The van der Waals surface area contributed by atoms with Gasteiger partial charge in [0, 0.05) is 25.2 Å². The van der Waals surface area contributed by atoms with Crippen molar-refractivity contribution < 1.29 is 28.8 Å². The maximum atomic E-state index is 12.5. The highest BCUT2D eigenvalue weighted by atomic mass is 35.5. The van der Waals surface area contributed by atoms with E-state index < -0.39 is 17.0 Å². The number of nitro groups is 1. The van der Waals surface area contributed by atoms with Crippen molar-refractivity contribution in [3.8, 4) is 0 Å². The molecule has 1 aromatic carbocycles. The predicted molar refractivity (Wildman–Crippen MR) is 98.9 cm³/mol. The van der Waals surface area contributed by atoms with E-state index >= 15 is 0 Å². The molecule has 0 radical (unpaired) electrons. The third kappa shape index (κ3) is 5.19. The summed E-state index contributed by atoms with van der Waals surface area (Å²) in [4.78, 5) is 48.1. The van der Waals surface area contributed by atoms with Gasteiger partial charge in [-0.3, -0.25) is 19.7 Å². The SMILES string of the molecule is CCOC(=O)C1CCN(C(=O)C(C)OC(=O)c2ccc([N+](=O)[O-])cc2Cl)CC1. The van der Waals surface area contributed by atoms with Crippen LogP contribution in [-0.2, 0) is 19.1 Å². The number of nitro benzene ring substituents is 1. The van der Waals surface area contributed by atoms with Crippen molar-refractivity contribution in [1.29, 1.82) is 0 Å². The number of carbonyl (C=O) groups is 3. The lowest BCUT2D eigenvalue weighted by Gasteiger charge is -2.32. The minimum Gasteiger partial charge on any atom is -0.466 e. The Bertz CT molecular complexity index is 775. The molecule has 152 valence electrons. The molecule has 1 amide bonds. The first-order valence-corrected chi connectivity index (χ1v) is 9.22. The number of non-ortho nitro benzene ring substituents is 1. The second-order valence-corrected chi connectivity index (χ2v) is 6.73. The van der Waals surface area contributed by atoms with Crippen LogP contribution in [0.2, 0.25) is 5.02 Å². The number of halogens is 1. The second-order valence-electron chi connectivity index (χ2n) is 6.32. The van der Waals surface area contributed by atoms with Gasteiger partial charge in [0.2, 0.25) is 0 Å². The number of likely N-dealkylation sites (tertiary alicyclic amines) is 1. The Morgan fingerprint density at radius 1 is 1.32 bits per heavy atom. The largest absolute Gasteiger partial charge is 0.466 e. The normalized spacial score (nSPS) is 15.6. The average molecular weight is 413 g/mol. The molecule has 0 saturated carbocycles. The lowest BCUT2D eigenvalue weighted by atomic mass is 9.97. The number of benzene rings is 1. The Morgan fingerprint density at radius 3 is 2.50 bits per heavy atom. The van der Waals surface area contributed by atoms with Crippen molar-refractivity contribution in [2.45, 2.75) is 32.8 Å². The number of hydrogen-bond acceptors (Lipinski definition) is 7. The van der Waals surface area contributed by atoms with Crippen LogP contribution in [0.4, 0.5) is 5.69 Å². The molecule has 0 aromatic heterocycles. The van der Waals surface area contributed by atoms with Crippen molar-refractivity contribution in [2.24, 2.45) is 5.92 Å². The van der Waals surface area contributed by atoms with Crippen LogP contribution in [0.5, 0.6) is 0 Å². The first-order valence-electron chi connectivity index (χ1n) is 8.85. The van der Waals surface area contributed by atoms with E-state index in [0.29, 0.717) is 32.5 Å². The van der Waals surface area contributed by atoms with Crippen molar-refractivity contribution in [2.75, 3.05) is 19.7 Å². The summed E-state index contributed by atoms with van der Waals surface area (Å²) in [5.74, 6) is -1.72. The van der Waals surface area contributed by atoms with E-state index in [0.717, 1.165) is 12.1 Å². The molecule has 1 atom stereocenters. The van der Waals surface area contributed by atoms with E-state index in [1.807, 2.05) is 0 Å². The fourth-order valence-electron chi connectivity index (χ4n) is 2.91. The monoisotopic (exact) mass is 412 g/mol. The molecule has 1 heterocycles. The van der Waals surface area contributed by atoms with Crippen LogP contribution in [0.3, 0.4) is 0 Å². The molecule has 1 unspecified atom stereocenters. The van der Waals surface area contributed by atoms with Crippen LogP contribution in [0.1, 0.15) is 37.0 Å². The average Bonchev–Trinajstić information content (AvgIpc) is 2.67. The highest BCUT2D eigenvalue weighted by Gasteiger charge is 2.31. The van der Waals surface area contributed by atoms with Gasteiger partial charge in [-0.05, 0) is 32.8 Å². The number of esters is 2. The molecule has 9 nitrogen and oxygen atoms in total. The quantitative estimate of drug-likeness (QED) is 0.400. The van der Waals surface area contributed by atoms with E-state index in [1.54, 1.807) is 6.92 Å². The van der Waals surface area contributed by atoms with Gasteiger partial charge in [0.25, 0.3) is 11.6 Å². The van der Waals surface area contributed by atoms with E-state index in [1.165, 1.54) is 17.9 Å². The molecule has 1 aliphatic heterocycles. The van der Waals surface area contributed by atoms with E-state index in [4.69, 9.17) is 21.1 Å². The van der Waals surface area contributed by atoms with Crippen molar-refractivity contribution in [3.63, 3.8) is 0 Å². The molecule has 1 aromatic rings. The molecule has 1 saturated heterocycles. The van der Waals surface area contributed by atoms with Crippen LogP contribution in [0, 0.1) is 16.0 Å². The van der Waals surface area contributed by atoms with Gasteiger partial charge in [0.1, 0.15) is 0 Å². The van der Waals surface area contributed by atoms with Gasteiger partial charge in [0.15, 0.2) is 6.10 Å². The predicted octanol–water partition coefficient (Wildman–Crippen LogP) is 2.60. The van der Waals surface area contributed by atoms with Crippen molar-refractivity contribution >= 4 is 35.1 Å². The Hall–Kier alpha value is -2.68. The fraction of sp³-hybridized carbons (Fsp3) is 0.500. The minimum atomic E-state index is -1.06. The molecule has 1 aliphatic rings. The van der Waals surface area contributed by atoms with Crippen molar-refractivity contribution in [3.05, 3.63) is 38.9 Å². The minimum absolute atomic E-state index is 0.0621. The zero-order valence-electron chi connectivity index (χ0n) is 15.6. The molecule has 0 bridgehead atoms. The summed E-state index contributed by atoms with van der Waals surface area (Å²) >= 11 is 5.91. The van der Waals surface area contributed by atoms with Gasteiger partial charge in [-0.25, -0.2) is 4.79 Å². The van der Waals surface area contributed by atoms with Crippen LogP contribution in [-0.4, -0.2) is 53.5 Å². The summed E-state index contributed by atoms with van der Waals surface area (Å²) in [6.07, 6.45) is -0.0864. The number of rotatable bonds is 6. The molecule has 2 rings (SSSR count). The molecule has 0 spiro atoms. The highest BCUT2D eigenvalue weighted by molar-refractivity contribution is 6.33. The number of ether oxygens (including phenoxy) is 2. The Labute approximate surface area is 166 Å². The first kappa shape index (κ1) is 21.6. The molecule has 0 N–H and O–H groups in total. The molecule has 10 heteroatoms. The Kier molecular flexibility index (Phi) is 7.33. The molecule has 28 heavy (non-hydrogen) atoms. The number of carbonyl (C=O) groups excluding carboxylic acids is 3. The standard InChI is InChI=1S/C18H21ClN2O7/c1-3-27-17(23)12-6-8-20(9-7-12)16(22)11(2)28-18(24)14-5-4-13(21(25)26)10-15(14)19/h4-5,10-12H,3,6-9H2,1-2H3. The second kappa shape index (κ2) is 9.50. The van der Waals surface area contributed by atoms with E-state index in [-0.39, 0.29) is 34.1 Å². The molecule has 1 fully saturated rings. The first-order chi connectivity index (χ1) is 13.2. The van der Waals surface area contributed by atoms with Crippen molar-refractivity contribution in [1.82, 2.24) is 4.90 Å². The van der Waals surface area contributed by atoms with Crippen LogP contribution < -0.4 is 0 Å². The summed E-state index contributed by atoms with van der Waals surface area (Å²) in [5.41, 5.74) is -0.317. The third-order valence-corrected chi connectivity index (χ3v) is 4.75. The van der Waals surface area contributed by atoms with Crippen LogP contribution >= 0.6 is 11.6 Å². The zero-order chi connectivity index (χ0) is 20.8. The van der Waals surface area contributed by atoms with E-state index in [2.05, 4.69) is 0 Å². The number of piperidine rings is 1. The summed E-state index contributed by atoms with van der Waals surface area (Å²) in [5, 5.41) is 10.6. The molecular formula is C18H21ClN2O7. The lowest BCUT2D eigenvalue weighted by Crippen LogP contribution is -2.45.